The Balaban J connectivity index is 1.67. The molecule has 2 aliphatic carbocycles. The molecule has 0 aromatic heterocycles. The minimum atomic E-state index is -0.553. The number of piperidine rings is 1. The Morgan fingerprint density at radius 2 is 2.05 bits per heavy atom. The summed E-state index contributed by atoms with van der Waals surface area (Å²) in [6.07, 6.45) is 3.14. The Kier molecular flexibility index (Phi) is 3.08. The first-order valence-electron chi connectivity index (χ1n) is 7.86. The topological polar surface area (TPSA) is 63.4 Å². The summed E-state index contributed by atoms with van der Waals surface area (Å²) in [5.74, 6) is 0.477. The Morgan fingerprint density at radius 3 is 2.68 bits per heavy atom. The van der Waals surface area contributed by atoms with E-state index in [1.165, 1.54) is 12.5 Å². The molecular formula is C17H19FN2O2. The van der Waals surface area contributed by atoms with E-state index < -0.39 is 11.9 Å². The molecule has 1 aliphatic heterocycles. The summed E-state index contributed by atoms with van der Waals surface area (Å²) in [5.41, 5.74) is 7.70. The van der Waals surface area contributed by atoms with E-state index in [-0.39, 0.29) is 11.7 Å². The van der Waals surface area contributed by atoms with Gasteiger partial charge in [0.2, 0.25) is 5.91 Å². The Hall–Kier alpha value is -1.75. The molecule has 3 aliphatic rings. The zero-order valence-corrected chi connectivity index (χ0v) is 12.3. The van der Waals surface area contributed by atoms with Gasteiger partial charge >= 0.3 is 0 Å². The van der Waals surface area contributed by atoms with E-state index in [9.17, 15) is 14.0 Å². The van der Waals surface area contributed by atoms with Crippen molar-refractivity contribution in [1.29, 1.82) is 0 Å². The number of aldehydes is 1. The zero-order chi connectivity index (χ0) is 15.4. The van der Waals surface area contributed by atoms with E-state index in [2.05, 4.69) is 4.90 Å². The summed E-state index contributed by atoms with van der Waals surface area (Å²) in [6, 6.07) is 2.76. The van der Waals surface area contributed by atoms with Crippen molar-refractivity contribution < 1.29 is 14.0 Å². The van der Waals surface area contributed by atoms with Crippen LogP contribution in [0.15, 0.2) is 12.1 Å². The monoisotopic (exact) mass is 302 g/mol. The van der Waals surface area contributed by atoms with Crippen LogP contribution in [0.1, 0.15) is 29.2 Å². The van der Waals surface area contributed by atoms with Crippen LogP contribution in [0.4, 0.5) is 4.39 Å². The fourth-order valence-electron chi connectivity index (χ4n) is 4.20. The number of primary amides is 1. The molecule has 5 heteroatoms. The van der Waals surface area contributed by atoms with Crippen molar-refractivity contribution in [1.82, 2.24) is 4.90 Å². The zero-order valence-electron chi connectivity index (χ0n) is 12.3. The van der Waals surface area contributed by atoms with Gasteiger partial charge in [0, 0.05) is 19.0 Å². The summed E-state index contributed by atoms with van der Waals surface area (Å²) in [5, 5.41) is 0. The fraction of sp³-hybridized carbons (Fsp3) is 0.529. The second-order valence-corrected chi connectivity index (χ2v) is 6.96. The fourth-order valence-corrected chi connectivity index (χ4v) is 4.20. The SMILES string of the molecule is NC(=O)C(c1cc(F)c2c(c1)CC(C=O)C2)N1CC2CC2C1. The molecule has 0 bridgehead atoms. The predicted octanol–water partition coefficient (Wildman–Crippen LogP) is 1.22. The van der Waals surface area contributed by atoms with E-state index in [0.29, 0.717) is 35.8 Å². The first kappa shape index (κ1) is 13.9. The lowest BCUT2D eigenvalue weighted by Gasteiger charge is -2.27. The van der Waals surface area contributed by atoms with Gasteiger partial charge in [0.15, 0.2) is 0 Å². The summed E-state index contributed by atoms with van der Waals surface area (Å²) in [7, 11) is 0. The van der Waals surface area contributed by atoms with Gasteiger partial charge in [-0.15, -0.1) is 0 Å². The normalized spacial score (nSPS) is 30.7. The number of nitrogens with zero attached hydrogens (tertiary/aromatic N) is 1. The van der Waals surface area contributed by atoms with Gasteiger partial charge < -0.3 is 10.5 Å². The van der Waals surface area contributed by atoms with Crippen molar-refractivity contribution in [2.45, 2.75) is 25.3 Å². The maximum Gasteiger partial charge on any atom is 0.239 e. The summed E-state index contributed by atoms with van der Waals surface area (Å²) < 4.78 is 14.4. The van der Waals surface area contributed by atoms with Crippen molar-refractivity contribution in [3.63, 3.8) is 0 Å². The molecule has 1 heterocycles. The molecule has 116 valence electrons. The number of rotatable bonds is 4. The average molecular weight is 302 g/mol. The van der Waals surface area contributed by atoms with Gasteiger partial charge in [-0.2, -0.15) is 0 Å². The first-order chi connectivity index (χ1) is 10.6. The number of fused-ring (bicyclic) bond motifs is 2. The molecule has 1 saturated carbocycles. The smallest absolute Gasteiger partial charge is 0.239 e. The molecule has 4 nitrogen and oxygen atoms in total. The summed E-state index contributed by atoms with van der Waals surface area (Å²) in [4.78, 5) is 25.0. The highest BCUT2D eigenvalue weighted by Gasteiger charge is 2.48. The van der Waals surface area contributed by atoms with Crippen molar-refractivity contribution in [2.75, 3.05) is 13.1 Å². The Bertz CT molecular complexity index is 650. The summed E-state index contributed by atoms with van der Waals surface area (Å²) >= 11 is 0. The van der Waals surface area contributed by atoms with Crippen LogP contribution in [-0.4, -0.2) is 30.2 Å². The third-order valence-corrected chi connectivity index (χ3v) is 5.41. The Morgan fingerprint density at radius 1 is 1.32 bits per heavy atom. The van der Waals surface area contributed by atoms with Crippen molar-refractivity contribution in [3.05, 3.63) is 34.6 Å². The van der Waals surface area contributed by atoms with E-state index in [4.69, 9.17) is 5.73 Å². The van der Waals surface area contributed by atoms with Crippen LogP contribution in [0.5, 0.6) is 0 Å². The number of likely N-dealkylation sites (tertiary alicyclic amines) is 1. The van der Waals surface area contributed by atoms with Crippen LogP contribution in [0.3, 0.4) is 0 Å². The highest BCUT2D eigenvalue weighted by atomic mass is 19.1. The van der Waals surface area contributed by atoms with Crippen molar-refractivity contribution in [3.8, 4) is 0 Å². The molecule has 0 spiro atoms. The van der Waals surface area contributed by atoms with E-state index in [1.807, 2.05) is 6.07 Å². The molecule has 4 unspecified atom stereocenters. The average Bonchev–Trinajstić information content (AvgIpc) is 2.91. The van der Waals surface area contributed by atoms with Gasteiger partial charge in [0.25, 0.3) is 0 Å². The van der Waals surface area contributed by atoms with Gasteiger partial charge in [0.05, 0.1) is 0 Å². The number of hydrogen-bond acceptors (Lipinski definition) is 3. The third kappa shape index (κ3) is 2.15. The molecular weight excluding hydrogens is 283 g/mol. The molecule has 0 radical (unpaired) electrons. The number of amides is 1. The van der Waals surface area contributed by atoms with E-state index in [1.54, 1.807) is 0 Å². The van der Waals surface area contributed by atoms with Crippen LogP contribution in [0.2, 0.25) is 0 Å². The lowest BCUT2D eigenvalue weighted by atomic mass is 9.99. The quantitative estimate of drug-likeness (QED) is 0.851. The largest absolute Gasteiger partial charge is 0.368 e. The Labute approximate surface area is 128 Å². The van der Waals surface area contributed by atoms with Crippen molar-refractivity contribution >= 4 is 12.2 Å². The van der Waals surface area contributed by atoms with Gasteiger partial charge in [-0.3, -0.25) is 9.69 Å². The standard InChI is InChI=1S/C17H19FN2O2/c18-15-5-11(3-10-1-9(8-21)2-14(10)15)16(17(19)22)20-6-12-4-13(12)7-20/h3,5,8-9,12-13,16H,1-2,4,6-7H2,(H2,19,22). The molecule has 22 heavy (non-hydrogen) atoms. The summed E-state index contributed by atoms with van der Waals surface area (Å²) in [6.45, 7) is 1.74. The van der Waals surface area contributed by atoms with Gasteiger partial charge in [0.1, 0.15) is 18.1 Å². The van der Waals surface area contributed by atoms with Crippen LogP contribution < -0.4 is 5.73 Å². The lowest BCUT2D eigenvalue weighted by Crippen LogP contribution is -2.37. The second-order valence-electron chi connectivity index (χ2n) is 6.96. The molecule has 2 N–H and O–H groups in total. The maximum atomic E-state index is 14.4. The van der Waals surface area contributed by atoms with Gasteiger partial charge in [-0.25, -0.2) is 4.39 Å². The minimum absolute atomic E-state index is 0.147. The molecule has 1 aromatic rings. The maximum absolute atomic E-state index is 14.4. The minimum Gasteiger partial charge on any atom is -0.368 e. The predicted molar refractivity (Wildman–Crippen MR) is 78.5 cm³/mol. The molecule has 1 amide bonds. The van der Waals surface area contributed by atoms with Crippen LogP contribution in [0.25, 0.3) is 0 Å². The van der Waals surface area contributed by atoms with E-state index in [0.717, 1.165) is 24.9 Å². The van der Waals surface area contributed by atoms with Gasteiger partial charge in [-0.1, -0.05) is 6.07 Å². The van der Waals surface area contributed by atoms with Gasteiger partial charge in [-0.05, 0) is 53.9 Å². The second kappa shape index (κ2) is 4.88. The van der Waals surface area contributed by atoms with Crippen LogP contribution in [0, 0.1) is 23.6 Å². The number of hydrogen-bond donors (Lipinski definition) is 1. The van der Waals surface area contributed by atoms with Crippen LogP contribution >= 0.6 is 0 Å². The molecule has 1 aromatic carbocycles. The van der Waals surface area contributed by atoms with E-state index >= 15 is 0 Å². The number of carbonyl (C=O) groups excluding carboxylic acids is 2. The van der Waals surface area contributed by atoms with Crippen LogP contribution in [-0.2, 0) is 22.4 Å². The lowest BCUT2D eigenvalue weighted by molar-refractivity contribution is -0.123. The molecule has 4 atom stereocenters. The molecule has 4 rings (SSSR count). The molecule has 1 saturated heterocycles. The first-order valence-corrected chi connectivity index (χ1v) is 7.86. The highest BCUT2D eigenvalue weighted by molar-refractivity contribution is 5.81. The number of halogens is 1. The molecule has 2 fully saturated rings. The third-order valence-electron chi connectivity index (χ3n) is 5.41. The number of benzene rings is 1. The highest BCUT2D eigenvalue weighted by Crippen LogP contribution is 2.47. The number of carbonyl (C=O) groups is 2. The van der Waals surface area contributed by atoms with Crippen molar-refractivity contribution in [2.24, 2.45) is 23.5 Å². The number of nitrogens with two attached hydrogens (primary N) is 1.